The molecular weight excluding hydrogens is 470 g/mol. The molecule has 0 saturated carbocycles. The van der Waals surface area contributed by atoms with Crippen molar-refractivity contribution >= 4 is 39.0 Å². The van der Waals surface area contributed by atoms with Gasteiger partial charge in [-0.3, -0.25) is 4.79 Å². The molecule has 2 aliphatic heterocycles. The maximum atomic E-state index is 14.4. The van der Waals surface area contributed by atoms with Crippen LogP contribution in [0.15, 0.2) is 24.3 Å². The minimum atomic E-state index is -2.63. The van der Waals surface area contributed by atoms with Crippen molar-refractivity contribution in [1.82, 2.24) is 20.6 Å². The maximum absolute atomic E-state index is 14.4. The Morgan fingerprint density at radius 2 is 2.14 bits per heavy atom. The second-order valence-electron chi connectivity index (χ2n) is 9.92. The predicted octanol–water partition coefficient (Wildman–Crippen LogP) is 3.55. The van der Waals surface area contributed by atoms with Gasteiger partial charge >= 0.3 is 0 Å². The van der Waals surface area contributed by atoms with Crippen molar-refractivity contribution in [3.05, 3.63) is 46.1 Å². The molecule has 3 aliphatic rings. The van der Waals surface area contributed by atoms with E-state index >= 15 is 0 Å². The molecule has 2 fully saturated rings. The van der Waals surface area contributed by atoms with Crippen molar-refractivity contribution in [3.63, 3.8) is 0 Å². The third-order valence-corrected chi connectivity index (χ3v) is 8.69. The molecule has 6 rings (SSSR count). The third kappa shape index (κ3) is 4.02. The Bertz CT molecular complexity index is 1320. The number of anilines is 2. The van der Waals surface area contributed by atoms with Gasteiger partial charge in [0.2, 0.25) is 0 Å². The van der Waals surface area contributed by atoms with Crippen LogP contribution < -0.4 is 21.3 Å². The molecule has 4 N–H and O–H groups in total. The highest BCUT2D eigenvalue weighted by Gasteiger charge is 2.51. The number of alkyl halides is 2. The number of thiophene rings is 1. The summed E-state index contributed by atoms with van der Waals surface area (Å²) in [6, 6.07) is 7.55. The molecule has 3 aromatic rings. The van der Waals surface area contributed by atoms with Gasteiger partial charge in [-0.05, 0) is 49.9 Å². The first kappa shape index (κ1) is 22.6. The van der Waals surface area contributed by atoms with E-state index < -0.39 is 11.8 Å². The molecule has 0 aromatic carbocycles. The smallest absolute Gasteiger partial charge is 0.263 e. The number of fused-ring (bicyclic) bond motifs is 3. The molecule has 0 unspecified atom stereocenters. The molecule has 1 aliphatic carbocycles. The molecule has 1 amide bonds. The van der Waals surface area contributed by atoms with E-state index in [-0.39, 0.29) is 25.8 Å². The zero-order valence-electron chi connectivity index (χ0n) is 19.5. The number of rotatable bonds is 3. The van der Waals surface area contributed by atoms with E-state index in [0.29, 0.717) is 36.6 Å². The monoisotopic (exact) mass is 500 g/mol. The van der Waals surface area contributed by atoms with Gasteiger partial charge < -0.3 is 21.3 Å². The Balaban J connectivity index is 0.00000267. The van der Waals surface area contributed by atoms with Crippen molar-refractivity contribution in [2.24, 2.45) is 5.92 Å². The summed E-state index contributed by atoms with van der Waals surface area (Å²) in [6.07, 6.45) is 2.07. The molecule has 0 radical (unpaired) electrons. The zero-order chi connectivity index (χ0) is 24.3. The first-order valence-electron chi connectivity index (χ1n) is 12.1. The highest BCUT2D eigenvalue weighted by Crippen LogP contribution is 2.39. The number of aryl methyl sites for hydroxylation is 2. The molecule has 10 heteroatoms. The van der Waals surface area contributed by atoms with Crippen LogP contribution in [-0.2, 0) is 12.8 Å². The molecule has 0 bridgehead atoms. The third-order valence-electron chi connectivity index (χ3n) is 7.58. The summed E-state index contributed by atoms with van der Waals surface area (Å²) in [4.78, 5) is 25.6. The summed E-state index contributed by atoms with van der Waals surface area (Å²) < 4.78 is 28.7. The van der Waals surface area contributed by atoms with E-state index in [1.807, 2.05) is 36.1 Å². The van der Waals surface area contributed by atoms with Crippen molar-refractivity contribution in [2.45, 2.75) is 50.6 Å². The topological polar surface area (TPSA) is 96.2 Å². The number of nitrogen functional groups attached to an aromatic ring is 1. The average molecular weight is 501 g/mol. The Labute approximate surface area is 207 Å². The second-order valence-corrected chi connectivity index (χ2v) is 10.9. The van der Waals surface area contributed by atoms with Crippen LogP contribution in [0.3, 0.4) is 0 Å². The van der Waals surface area contributed by atoms with Gasteiger partial charge in [-0.2, -0.15) is 0 Å². The normalized spacial score (nSPS) is 25.3. The van der Waals surface area contributed by atoms with E-state index in [9.17, 15) is 13.6 Å². The van der Waals surface area contributed by atoms with Crippen LogP contribution in [0.1, 0.15) is 40.9 Å². The predicted molar refractivity (Wildman–Crippen MR) is 135 cm³/mol. The van der Waals surface area contributed by atoms with Gasteiger partial charge in [-0.1, -0.05) is 6.07 Å². The number of amides is 1. The van der Waals surface area contributed by atoms with Gasteiger partial charge in [0, 0.05) is 56.3 Å². The van der Waals surface area contributed by atoms with Crippen LogP contribution in [0, 0.1) is 12.8 Å². The number of carbonyl (C=O) groups is 1. The van der Waals surface area contributed by atoms with Crippen molar-refractivity contribution in [3.8, 4) is 0 Å². The first-order valence-corrected chi connectivity index (χ1v) is 12.9. The lowest BCUT2D eigenvalue weighted by Gasteiger charge is -2.33. The molecular formula is C25H30F2N6OS. The summed E-state index contributed by atoms with van der Waals surface area (Å²) in [5.41, 5.74) is 9.69. The van der Waals surface area contributed by atoms with Crippen LogP contribution >= 0.6 is 11.3 Å². The summed E-state index contributed by atoms with van der Waals surface area (Å²) in [6.45, 7) is 3.14. The van der Waals surface area contributed by atoms with Gasteiger partial charge in [0.15, 0.2) is 0 Å². The van der Waals surface area contributed by atoms with Crippen molar-refractivity contribution in [1.29, 1.82) is 0 Å². The van der Waals surface area contributed by atoms with Crippen LogP contribution in [0.4, 0.5) is 20.3 Å². The minimum absolute atomic E-state index is 0. The van der Waals surface area contributed by atoms with Crippen LogP contribution in [0.2, 0.25) is 0 Å². The largest absolute Gasteiger partial charge is 0.397 e. The molecule has 5 heterocycles. The van der Waals surface area contributed by atoms with E-state index in [1.165, 1.54) is 11.3 Å². The number of hydrogen-bond acceptors (Lipinski definition) is 7. The van der Waals surface area contributed by atoms with E-state index in [2.05, 4.69) is 15.6 Å². The fourth-order valence-corrected chi connectivity index (χ4v) is 6.69. The Morgan fingerprint density at radius 3 is 2.97 bits per heavy atom. The number of carbonyl (C=O) groups excluding carboxylic acids is 1. The standard InChI is InChI=1S/C25H28F2N6OS.H2/c1-13-2-5-16-21(28)22(35-24(16)30-13)23(34)31-15-4-6-18-14(10-15)3-7-20(32-18)33-11-17-19(12-33)29-9-8-25(17,26)27;/h2-3,5,7,15,17,19,29H,4,6,8-12,28H2,1H3,(H,31,34);1H/t15-,17+,19-;/m0./s1. The average Bonchev–Trinajstić information content (AvgIpc) is 3.41. The molecule has 0 spiro atoms. The van der Waals surface area contributed by atoms with Gasteiger partial charge in [0.05, 0.1) is 11.6 Å². The lowest BCUT2D eigenvalue weighted by Crippen LogP contribution is -2.51. The van der Waals surface area contributed by atoms with Crippen molar-refractivity contribution in [2.75, 3.05) is 30.3 Å². The Morgan fingerprint density at radius 1 is 1.29 bits per heavy atom. The molecule has 3 aromatic heterocycles. The Kier molecular flexibility index (Phi) is 5.41. The summed E-state index contributed by atoms with van der Waals surface area (Å²) in [7, 11) is 0. The highest BCUT2D eigenvalue weighted by atomic mass is 32.1. The fraction of sp³-hybridized carbons (Fsp3) is 0.480. The minimum Gasteiger partial charge on any atom is -0.397 e. The number of pyridine rings is 2. The molecule has 3 atom stereocenters. The Hall–Kier alpha value is -2.85. The lowest BCUT2D eigenvalue weighted by atomic mass is 9.90. The number of hydrogen-bond donors (Lipinski definition) is 3. The molecule has 7 nitrogen and oxygen atoms in total. The molecule has 2 saturated heterocycles. The molecule has 186 valence electrons. The second kappa shape index (κ2) is 8.37. The zero-order valence-corrected chi connectivity index (χ0v) is 20.3. The summed E-state index contributed by atoms with van der Waals surface area (Å²) in [5, 5.41) is 7.20. The van der Waals surface area contributed by atoms with Gasteiger partial charge in [0.1, 0.15) is 15.5 Å². The van der Waals surface area contributed by atoms with Gasteiger partial charge in [-0.15, -0.1) is 11.3 Å². The SMILES string of the molecule is Cc1ccc2c(N)c(C(=O)N[C@H]3CCc4nc(N5C[C@@H]6NCCC(F)(F)[C@@H]6C5)ccc4C3)sc2n1.[HH]. The highest BCUT2D eigenvalue weighted by molar-refractivity contribution is 7.21. The van der Waals surface area contributed by atoms with E-state index in [0.717, 1.165) is 45.8 Å². The van der Waals surface area contributed by atoms with Crippen LogP contribution in [0.25, 0.3) is 10.2 Å². The number of nitrogens with two attached hydrogens (primary N) is 1. The lowest BCUT2D eigenvalue weighted by molar-refractivity contribution is -0.0811. The van der Waals surface area contributed by atoms with Crippen LogP contribution in [0.5, 0.6) is 0 Å². The fourth-order valence-electron chi connectivity index (χ4n) is 5.64. The number of halogens is 2. The summed E-state index contributed by atoms with van der Waals surface area (Å²) >= 11 is 1.32. The summed E-state index contributed by atoms with van der Waals surface area (Å²) in [5.74, 6) is -2.71. The van der Waals surface area contributed by atoms with Gasteiger partial charge in [0.25, 0.3) is 11.8 Å². The van der Waals surface area contributed by atoms with Gasteiger partial charge in [-0.25, -0.2) is 18.7 Å². The van der Waals surface area contributed by atoms with Crippen molar-refractivity contribution < 1.29 is 15.0 Å². The van der Waals surface area contributed by atoms with Crippen LogP contribution in [-0.4, -0.2) is 53.5 Å². The van der Waals surface area contributed by atoms with E-state index in [4.69, 9.17) is 10.7 Å². The van der Waals surface area contributed by atoms with E-state index in [1.54, 1.807) is 0 Å². The number of nitrogens with zero attached hydrogens (tertiary/aromatic N) is 3. The number of nitrogens with one attached hydrogen (secondary N) is 2. The quantitative estimate of drug-likeness (QED) is 0.509. The molecule has 35 heavy (non-hydrogen) atoms. The number of aromatic nitrogens is 2. The first-order chi connectivity index (χ1) is 16.8. The number of piperidine rings is 1. The maximum Gasteiger partial charge on any atom is 0.263 e.